The monoisotopic (exact) mass is 286 g/mol. The number of rotatable bonds is 4. The maximum absolute atomic E-state index is 6.10. The van der Waals surface area contributed by atoms with E-state index in [0.29, 0.717) is 10.3 Å². The Morgan fingerprint density at radius 1 is 1.28 bits per heavy atom. The predicted octanol–water partition coefficient (Wildman–Crippen LogP) is 4.40. The Morgan fingerprint density at radius 2 is 2.00 bits per heavy atom. The van der Waals surface area contributed by atoms with E-state index in [1.54, 1.807) is 0 Å². The van der Waals surface area contributed by atoms with E-state index in [1.807, 2.05) is 12.1 Å². The highest BCUT2D eigenvalue weighted by molar-refractivity contribution is 6.32. The van der Waals surface area contributed by atoms with Crippen LogP contribution in [-0.4, -0.2) is 23.0 Å². The lowest BCUT2D eigenvalue weighted by Gasteiger charge is -2.31. The van der Waals surface area contributed by atoms with Crippen LogP contribution >= 0.6 is 23.2 Å². The molecule has 1 saturated heterocycles. The van der Waals surface area contributed by atoms with Crippen molar-refractivity contribution in [1.82, 2.24) is 9.88 Å². The second-order valence-corrected chi connectivity index (χ2v) is 5.84. The topological polar surface area (TPSA) is 16.1 Å². The molecule has 0 bridgehead atoms. The van der Waals surface area contributed by atoms with Gasteiger partial charge >= 0.3 is 0 Å². The van der Waals surface area contributed by atoms with Gasteiger partial charge in [-0.1, -0.05) is 49.0 Å². The fraction of sp³-hybridized carbons (Fsp3) is 0.643. The first kappa shape index (κ1) is 14.1. The molecule has 2 heterocycles. The van der Waals surface area contributed by atoms with Crippen molar-refractivity contribution in [2.45, 2.75) is 39.2 Å². The third-order valence-electron chi connectivity index (χ3n) is 3.69. The highest BCUT2D eigenvalue weighted by atomic mass is 35.5. The molecular weight excluding hydrogens is 267 g/mol. The molecule has 0 atom stereocenters. The van der Waals surface area contributed by atoms with E-state index in [-0.39, 0.29) is 0 Å². The summed E-state index contributed by atoms with van der Waals surface area (Å²) in [5.74, 6) is 0.921. The lowest BCUT2D eigenvalue weighted by molar-refractivity contribution is 0.171. The number of hydrogen-bond donors (Lipinski definition) is 0. The largest absolute Gasteiger partial charge is 0.299 e. The average molecular weight is 287 g/mol. The van der Waals surface area contributed by atoms with Crippen LogP contribution in [0.1, 0.15) is 38.2 Å². The summed E-state index contributed by atoms with van der Waals surface area (Å²) >= 11 is 11.9. The molecule has 4 heteroatoms. The number of hydrogen-bond acceptors (Lipinski definition) is 2. The van der Waals surface area contributed by atoms with Gasteiger partial charge in [0.05, 0.1) is 0 Å². The van der Waals surface area contributed by atoms with Crippen molar-refractivity contribution in [3.05, 3.63) is 28.0 Å². The Morgan fingerprint density at radius 3 is 2.61 bits per heavy atom. The summed E-state index contributed by atoms with van der Waals surface area (Å²) in [5.41, 5.74) is 1.08. The molecule has 1 aliphatic rings. The zero-order valence-electron chi connectivity index (χ0n) is 10.8. The van der Waals surface area contributed by atoms with E-state index in [2.05, 4.69) is 16.8 Å². The fourth-order valence-corrected chi connectivity index (χ4v) is 3.05. The van der Waals surface area contributed by atoms with E-state index in [0.717, 1.165) is 18.0 Å². The van der Waals surface area contributed by atoms with Crippen LogP contribution < -0.4 is 0 Å². The molecule has 0 unspecified atom stereocenters. The van der Waals surface area contributed by atoms with E-state index in [1.165, 1.54) is 38.8 Å². The van der Waals surface area contributed by atoms with Crippen LogP contribution in [0.25, 0.3) is 0 Å². The van der Waals surface area contributed by atoms with Crippen LogP contribution in [0.4, 0.5) is 0 Å². The maximum Gasteiger partial charge on any atom is 0.135 e. The minimum absolute atomic E-state index is 0.463. The molecule has 0 N–H and O–H groups in total. The second-order valence-electron chi connectivity index (χ2n) is 5.09. The van der Waals surface area contributed by atoms with E-state index in [9.17, 15) is 0 Å². The van der Waals surface area contributed by atoms with Crippen LogP contribution in [0.15, 0.2) is 12.1 Å². The summed E-state index contributed by atoms with van der Waals surface area (Å²) in [7, 11) is 0. The Hall–Kier alpha value is -0.310. The highest BCUT2D eigenvalue weighted by Crippen LogP contribution is 2.24. The van der Waals surface area contributed by atoms with Gasteiger partial charge in [-0.15, -0.1) is 0 Å². The minimum atomic E-state index is 0.463. The molecule has 2 rings (SSSR count). The standard InChI is InChI=1S/C14H20Cl2N2/c1-2-3-11-6-8-18(9-7-11)10-12-4-5-13(15)17-14(12)16/h4-5,11H,2-3,6-10H2,1H3. The third kappa shape index (κ3) is 3.84. The van der Waals surface area contributed by atoms with Crippen LogP contribution in [0.5, 0.6) is 0 Å². The van der Waals surface area contributed by atoms with E-state index >= 15 is 0 Å². The Labute approximate surface area is 119 Å². The molecule has 0 spiro atoms. The van der Waals surface area contributed by atoms with Gasteiger partial charge in [0, 0.05) is 12.1 Å². The summed E-state index contributed by atoms with van der Waals surface area (Å²) in [5, 5.41) is 1.00. The summed E-state index contributed by atoms with van der Waals surface area (Å²) in [6.45, 7) is 5.50. The van der Waals surface area contributed by atoms with Crippen LogP contribution in [0.2, 0.25) is 10.3 Å². The van der Waals surface area contributed by atoms with Gasteiger partial charge < -0.3 is 0 Å². The molecule has 0 amide bonds. The van der Waals surface area contributed by atoms with Crippen molar-refractivity contribution in [2.24, 2.45) is 5.92 Å². The van der Waals surface area contributed by atoms with Crippen molar-refractivity contribution in [2.75, 3.05) is 13.1 Å². The zero-order chi connectivity index (χ0) is 13.0. The number of halogens is 2. The normalized spacial score (nSPS) is 18.2. The quantitative estimate of drug-likeness (QED) is 0.763. The smallest absolute Gasteiger partial charge is 0.135 e. The van der Waals surface area contributed by atoms with Crippen LogP contribution in [-0.2, 0) is 6.54 Å². The summed E-state index contributed by atoms with van der Waals surface area (Å²) in [6.07, 6.45) is 5.30. The molecule has 2 nitrogen and oxygen atoms in total. The van der Waals surface area contributed by atoms with Gasteiger partial charge in [0.25, 0.3) is 0 Å². The van der Waals surface area contributed by atoms with Crippen LogP contribution in [0, 0.1) is 5.92 Å². The van der Waals surface area contributed by atoms with Gasteiger partial charge in [0.15, 0.2) is 0 Å². The highest BCUT2D eigenvalue weighted by Gasteiger charge is 2.19. The second kappa shape index (κ2) is 6.74. The fourth-order valence-electron chi connectivity index (χ4n) is 2.64. The first-order valence-corrected chi connectivity index (χ1v) is 7.48. The van der Waals surface area contributed by atoms with Gasteiger partial charge in [0.2, 0.25) is 0 Å². The predicted molar refractivity (Wildman–Crippen MR) is 77.2 cm³/mol. The molecule has 0 saturated carbocycles. The van der Waals surface area contributed by atoms with Gasteiger partial charge in [-0.2, -0.15) is 0 Å². The maximum atomic E-state index is 6.10. The lowest BCUT2D eigenvalue weighted by atomic mass is 9.92. The first-order valence-electron chi connectivity index (χ1n) is 6.72. The zero-order valence-corrected chi connectivity index (χ0v) is 12.3. The molecule has 1 aromatic rings. The minimum Gasteiger partial charge on any atom is -0.299 e. The molecule has 1 aromatic heterocycles. The van der Waals surface area contributed by atoms with Gasteiger partial charge in [-0.25, -0.2) is 4.98 Å². The molecule has 0 aliphatic carbocycles. The number of likely N-dealkylation sites (tertiary alicyclic amines) is 1. The summed E-state index contributed by atoms with van der Waals surface area (Å²) in [6, 6.07) is 3.79. The molecule has 18 heavy (non-hydrogen) atoms. The summed E-state index contributed by atoms with van der Waals surface area (Å²) in [4.78, 5) is 6.55. The molecule has 0 radical (unpaired) electrons. The van der Waals surface area contributed by atoms with Crippen molar-refractivity contribution < 1.29 is 0 Å². The molecule has 1 fully saturated rings. The van der Waals surface area contributed by atoms with E-state index in [4.69, 9.17) is 23.2 Å². The first-order chi connectivity index (χ1) is 8.69. The Bertz CT molecular complexity index is 387. The SMILES string of the molecule is CCCC1CCN(Cc2ccc(Cl)nc2Cl)CC1. The van der Waals surface area contributed by atoms with Gasteiger partial charge in [-0.3, -0.25) is 4.90 Å². The number of aromatic nitrogens is 1. The Balaban J connectivity index is 1.87. The molecule has 100 valence electrons. The molecule has 1 aliphatic heterocycles. The number of piperidine rings is 1. The number of pyridine rings is 1. The van der Waals surface area contributed by atoms with Crippen molar-refractivity contribution in [3.8, 4) is 0 Å². The van der Waals surface area contributed by atoms with E-state index < -0.39 is 0 Å². The summed E-state index contributed by atoms with van der Waals surface area (Å²) < 4.78 is 0. The third-order valence-corrected chi connectivity index (χ3v) is 4.23. The average Bonchev–Trinajstić information content (AvgIpc) is 2.35. The lowest BCUT2D eigenvalue weighted by Crippen LogP contribution is -2.33. The Kier molecular flexibility index (Phi) is 5.28. The van der Waals surface area contributed by atoms with Crippen molar-refractivity contribution >= 4 is 23.2 Å². The number of nitrogens with zero attached hydrogens (tertiary/aromatic N) is 2. The van der Waals surface area contributed by atoms with Gasteiger partial charge in [-0.05, 0) is 37.9 Å². The van der Waals surface area contributed by atoms with Crippen molar-refractivity contribution in [1.29, 1.82) is 0 Å². The molecular formula is C14H20Cl2N2. The van der Waals surface area contributed by atoms with Gasteiger partial charge in [0.1, 0.15) is 10.3 Å². The van der Waals surface area contributed by atoms with Crippen molar-refractivity contribution in [3.63, 3.8) is 0 Å². The van der Waals surface area contributed by atoms with Crippen LogP contribution in [0.3, 0.4) is 0 Å². The molecule has 0 aromatic carbocycles.